The molecule has 0 bridgehead atoms. The van der Waals surface area contributed by atoms with E-state index in [0.29, 0.717) is 28.9 Å². The number of methoxy groups -OCH3 is 1. The number of rotatable bonds is 4. The van der Waals surface area contributed by atoms with Gasteiger partial charge < -0.3 is 9.26 Å². The number of nitrogens with zero attached hydrogens (tertiary/aromatic N) is 3. The van der Waals surface area contributed by atoms with Gasteiger partial charge in [0, 0.05) is 5.56 Å². The van der Waals surface area contributed by atoms with Gasteiger partial charge in [-0.3, -0.25) is 4.79 Å². The van der Waals surface area contributed by atoms with Crippen molar-refractivity contribution in [3.63, 3.8) is 0 Å². The van der Waals surface area contributed by atoms with Gasteiger partial charge in [0.25, 0.3) is 5.56 Å². The zero-order chi connectivity index (χ0) is 19.0. The first-order valence-electron chi connectivity index (χ1n) is 8.64. The van der Waals surface area contributed by atoms with Gasteiger partial charge >= 0.3 is 0 Å². The number of aromatic nitrogens is 3. The first-order chi connectivity index (χ1) is 13.1. The van der Waals surface area contributed by atoms with Gasteiger partial charge in [-0.2, -0.15) is 5.10 Å². The quantitative estimate of drug-likeness (QED) is 0.554. The highest BCUT2D eigenvalue weighted by molar-refractivity contribution is 5.93. The van der Waals surface area contributed by atoms with Crippen molar-refractivity contribution in [1.29, 1.82) is 0 Å². The Morgan fingerprint density at radius 1 is 1.07 bits per heavy atom. The van der Waals surface area contributed by atoms with Crippen LogP contribution in [0.3, 0.4) is 0 Å². The number of fused-ring (bicyclic) bond motifs is 1. The molecule has 27 heavy (non-hydrogen) atoms. The summed E-state index contributed by atoms with van der Waals surface area (Å²) in [7, 11) is 1.62. The Morgan fingerprint density at radius 2 is 1.81 bits per heavy atom. The molecule has 0 aliphatic carbocycles. The molecule has 0 unspecified atom stereocenters. The van der Waals surface area contributed by atoms with Gasteiger partial charge in [0.15, 0.2) is 5.52 Å². The lowest BCUT2D eigenvalue weighted by Crippen LogP contribution is -2.24. The van der Waals surface area contributed by atoms with Crippen LogP contribution in [0.5, 0.6) is 5.75 Å². The molecule has 0 fully saturated rings. The highest BCUT2D eigenvalue weighted by atomic mass is 16.5. The number of benzene rings is 2. The summed E-state index contributed by atoms with van der Waals surface area (Å²) in [5.74, 6) is 1.33. The molecule has 2 aromatic heterocycles. The molecule has 2 heterocycles. The van der Waals surface area contributed by atoms with E-state index in [9.17, 15) is 4.79 Å². The first-order valence-corrected chi connectivity index (χ1v) is 8.64. The zero-order valence-corrected chi connectivity index (χ0v) is 15.4. The number of ether oxygens (including phenoxy) is 1. The summed E-state index contributed by atoms with van der Waals surface area (Å²) in [6.07, 6.45) is 0. The molecule has 0 N–H and O–H groups in total. The summed E-state index contributed by atoms with van der Waals surface area (Å²) < 4.78 is 12.0. The van der Waals surface area contributed by atoms with Crippen molar-refractivity contribution in [2.75, 3.05) is 7.11 Å². The van der Waals surface area contributed by atoms with E-state index in [-0.39, 0.29) is 5.56 Å². The number of aryl methyl sites for hydroxylation is 2. The van der Waals surface area contributed by atoms with Crippen LogP contribution < -0.4 is 10.3 Å². The summed E-state index contributed by atoms with van der Waals surface area (Å²) in [5, 5.41) is 9.29. The minimum atomic E-state index is -0.262. The molecule has 6 nitrogen and oxygen atoms in total. The van der Waals surface area contributed by atoms with Crippen LogP contribution in [0.4, 0.5) is 0 Å². The Kier molecular flexibility index (Phi) is 4.24. The molecule has 0 spiro atoms. The number of hydrogen-bond donors (Lipinski definition) is 0. The van der Waals surface area contributed by atoms with Crippen LogP contribution >= 0.6 is 0 Å². The highest BCUT2D eigenvalue weighted by Crippen LogP contribution is 2.28. The van der Waals surface area contributed by atoms with Crippen LogP contribution in [0, 0.1) is 13.8 Å². The highest BCUT2D eigenvalue weighted by Gasteiger charge is 2.19. The normalized spacial score (nSPS) is 11.1. The fraction of sp³-hybridized carbons (Fsp3) is 0.190. The molecule has 6 heteroatoms. The minimum Gasteiger partial charge on any atom is -0.497 e. The third kappa shape index (κ3) is 2.99. The first kappa shape index (κ1) is 17.0. The second-order valence-electron chi connectivity index (χ2n) is 6.43. The largest absolute Gasteiger partial charge is 0.497 e. The fourth-order valence-electron chi connectivity index (χ4n) is 3.14. The van der Waals surface area contributed by atoms with E-state index in [1.165, 1.54) is 4.68 Å². The topological polar surface area (TPSA) is 70.2 Å². The molecule has 2 aromatic carbocycles. The zero-order valence-electron chi connectivity index (χ0n) is 15.4. The Labute approximate surface area is 156 Å². The second-order valence-corrected chi connectivity index (χ2v) is 6.43. The van der Waals surface area contributed by atoms with Gasteiger partial charge in [-0.15, -0.1) is 0 Å². The molecule has 0 saturated heterocycles. The van der Waals surface area contributed by atoms with E-state index in [0.717, 1.165) is 22.4 Å². The van der Waals surface area contributed by atoms with Gasteiger partial charge in [-0.1, -0.05) is 29.4 Å². The minimum absolute atomic E-state index is 0.262. The fourth-order valence-corrected chi connectivity index (χ4v) is 3.14. The van der Waals surface area contributed by atoms with Crippen molar-refractivity contribution in [2.45, 2.75) is 20.4 Å². The molecule has 0 atom stereocenters. The second kappa shape index (κ2) is 6.72. The van der Waals surface area contributed by atoms with E-state index in [4.69, 9.17) is 9.26 Å². The Balaban J connectivity index is 1.92. The van der Waals surface area contributed by atoms with Crippen molar-refractivity contribution < 1.29 is 9.26 Å². The SMILES string of the molecule is COc1ccc(-c2nn(Cc3ccccc3C)c(=O)c3noc(C)c23)cc1. The lowest BCUT2D eigenvalue weighted by atomic mass is 10.1. The summed E-state index contributed by atoms with van der Waals surface area (Å²) in [4.78, 5) is 12.9. The molecule has 0 aliphatic heterocycles. The molecule has 4 aromatic rings. The van der Waals surface area contributed by atoms with Crippen molar-refractivity contribution in [2.24, 2.45) is 0 Å². The maximum Gasteiger partial charge on any atom is 0.297 e. The van der Waals surface area contributed by atoms with Crippen LogP contribution in [0.2, 0.25) is 0 Å². The van der Waals surface area contributed by atoms with Gasteiger partial charge in [0.05, 0.1) is 19.0 Å². The summed E-state index contributed by atoms with van der Waals surface area (Å²) in [6.45, 7) is 4.18. The van der Waals surface area contributed by atoms with Gasteiger partial charge in [0.2, 0.25) is 0 Å². The third-order valence-electron chi connectivity index (χ3n) is 4.70. The smallest absolute Gasteiger partial charge is 0.297 e. The predicted octanol–water partition coefficient (Wildman–Crippen LogP) is 3.73. The van der Waals surface area contributed by atoms with E-state index in [1.54, 1.807) is 14.0 Å². The van der Waals surface area contributed by atoms with Crippen LogP contribution in [-0.4, -0.2) is 22.0 Å². The van der Waals surface area contributed by atoms with Crippen molar-refractivity contribution in [3.8, 4) is 17.0 Å². The van der Waals surface area contributed by atoms with Gasteiger partial charge in [0.1, 0.15) is 17.2 Å². The summed E-state index contributed by atoms with van der Waals surface area (Å²) >= 11 is 0. The lowest BCUT2D eigenvalue weighted by Gasteiger charge is -2.11. The van der Waals surface area contributed by atoms with Crippen molar-refractivity contribution >= 4 is 10.9 Å². The molecule has 0 aliphatic rings. The third-order valence-corrected chi connectivity index (χ3v) is 4.70. The van der Waals surface area contributed by atoms with Gasteiger partial charge in [-0.05, 0) is 49.2 Å². The van der Waals surface area contributed by atoms with Crippen LogP contribution in [0.15, 0.2) is 57.8 Å². The van der Waals surface area contributed by atoms with E-state index in [1.807, 2.05) is 55.5 Å². The van der Waals surface area contributed by atoms with E-state index in [2.05, 4.69) is 10.3 Å². The average molecular weight is 361 g/mol. The molecular formula is C21H19N3O3. The molecule has 0 saturated carbocycles. The lowest BCUT2D eigenvalue weighted by molar-refractivity contribution is 0.405. The molecule has 0 amide bonds. The Hall–Kier alpha value is -3.41. The van der Waals surface area contributed by atoms with Crippen LogP contribution in [0.1, 0.15) is 16.9 Å². The monoisotopic (exact) mass is 361 g/mol. The van der Waals surface area contributed by atoms with Crippen molar-refractivity contribution in [1.82, 2.24) is 14.9 Å². The summed E-state index contributed by atoms with van der Waals surface area (Å²) in [5.41, 5.74) is 3.70. The maximum atomic E-state index is 12.9. The van der Waals surface area contributed by atoms with Gasteiger partial charge in [-0.25, -0.2) is 4.68 Å². The van der Waals surface area contributed by atoms with Crippen LogP contribution in [0.25, 0.3) is 22.2 Å². The van der Waals surface area contributed by atoms with E-state index >= 15 is 0 Å². The molecular weight excluding hydrogens is 342 g/mol. The number of hydrogen-bond acceptors (Lipinski definition) is 5. The predicted molar refractivity (Wildman–Crippen MR) is 103 cm³/mol. The average Bonchev–Trinajstić information content (AvgIpc) is 3.08. The van der Waals surface area contributed by atoms with E-state index < -0.39 is 0 Å². The Bertz CT molecular complexity index is 1170. The van der Waals surface area contributed by atoms with Crippen molar-refractivity contribution in [3.05, 3.63) is 75.8 Å². The maximum absolute atomic E-state index is 12.9. The standard InChI is InChI=1S/C21H19N3O3/c1-13-6-4-5-7-16(13)12-24-21(25)20-18(14(2)27-23-20)19(22-24)15-8-10-17(26-3)11-9-15/h4-11H,12H2,1-3H3. The Morgan fingerprint density at radius 3 is 2.52 bits per heavy atom. The summed E-state index contributed by atoms with van der Waals surface area (Å²) in [6, 6.07) is 15.5. The molecule has 4 rings (SSSR count). The molecule has 0 radical (unpaired) electrons. The molecule has 136 valence electrons. The van der Waals surface area contributed by atoms with Crippen LogP contribution in [-0.2, 0) is 6.54 Å².